The summed E-state index contributed by atoms with van der Waals surface area (Å²) in [6, 6.07) is 16.6. The number of piperazine rings is 1. The van der Waals surface area contributed by atoms with Crippen LogP contribution in [0.15, 0.2) is 52.9 Å². The Morgan fingerprint density at radius 3 is 2.55 bits per heavy atom. The molecule has 0 spiro atoms. The molecule has 8 nitrogen and oxygen atoms in total. The van der Waals surface area contributed by atoms with E-state index in [1.807, 2.05) is 29.2 Å². The number of carbonyl (C=O) groups is 1. The Balaban J connectivity index is 1.50. The summed E-state index contributed by atoms with van der Waals surface area (Å²) in [6.45, 7) is 2.08. The first-order valence-electron chi connectivity index (χ1n) is 9.87. The molecule has 0 aliphatic carbocycles. The van der Waals surface area contributed by atoms with Crippen molar-refractivity contribution in [2.45, 2.75) is 0 Å². The molecular formula is C23H22N4O4. The maximum Gasteiger partial charge on any atom is 0.254 e. The predicted molar refractivity (Wildman–Crippen MR) is 114 cm³/mol. The fourth-order valence-electron chi connectivity index (χ4n) is 3.59. The first-order chi connectivity index (χ1) is 15.1. The number of benzene rings is 2. The van der Waals surface area contributed by atoms with E-state index in [-0.39, 0.29) is 11.6 Å². The molecule has 0 bridgehead atoms. The molecule has 1 saturated heterocycles. The van der Waals surface area contributed by atoms with Gasteiger partial charge in [0.05, 0.1) is 19.8 Å². The summed E-state index contributed by atoms with van der Waals surface area (Å²) >= 11 is 0. The molecule has 1 aliphatic rings. The lowest BCUT2D eigenvalue weighted by Crippen LogP contribution is -2.48. The van der Waals surface area contributed by atoms with Crippen LogP contribution in [0, 0.1) is 11.3 Å². The number of hydrogen-bond acceptors (Lipinski definition) is 7. The number of nitrogens with zero attached hydrogens (tertiary/aromatic N) is 4. The first-order valence-corrected chi connectivity index (χ1v) is 9.87. The van der Waals surface area contributed by atoms with Gasteiger partial charge in [-0.1, -0.05) is 18.2 Å². The van der Waals surface area contributed by atoms with Crippen LogP contribution in [0.4, 0.5) is 5.88 Å². The largest absolute Gasteiger partial charge is 0.497 e. The van der Waals surface area contributed by atoms with Gasteiger partial charge in [-0.25, -0.2) is 0 Å². The van der Waals surface area contributed by atoms with E-state index in [9.17, 15) is 10.1 Å². The van der Waals surface area contributed by atoms with Crippen molar-refractivity contribution >= 4 is 11.8 Å². The fraction of sp³-hybridized carbons (Fsp3) is 0.261. The number of aromatic nitrogens is 1. The molecule has 1 amide bonds. The first kappa shape index (κ1) is 20.3. The monoisotopic (exact) mass is 418 g/mol. The number of anilines is 1. The highest BCUT2D eigenvalue weighted by atomic mass is 16.5. The summed E-state index contributed by atoms with van der Waals surface area (Å²) in [5.74, 6) is 1.96. The van der Waals surface area contributed by atoms with Crippen molar-refractivity contribution in [3.05, 3.63) is 59.8 Å². The highest BCUT2D eigenvalue weighted by Crippen LogP contribution is 2.33. The van der Waals surface area contributed by atoms with E-state index >= 15 is 0 Å². The number of carbonyl (C=O) groups excluding carboxylic acids is 1. The minimum absolute atomic E-state index is 0.0497. The van der Waals surface area contributed by atoms with Crippen molar-refractivity contribution in [1.82, 2.24) is 9.88 Å². The van der Waals surface area contributed by atoms with Gasteiger partial charge in [0.15, 0.2) is 0 Å². The second-order valence-electron chi connectivity index (χ2n) is 7.00. The molecule has 158 valence electrons. The zero-order valence-electron chi connectivity index (χ0n) is 17.4. The second kappa shape index (κ2) is 8.79. The molecule has 0 N–H and O–H groups in total. The molecule has 1 fully saturated rings. The second-order valence-corrected chi connectivity index (χ2v) is 7.00. The third kappa shape index (κ3) is 4.03. The topological polar surface area (TPSA) is 91.8 Å². The van der Waals surface area contributed by atoms with E-state index in [2.05, 4.69) is 11.1 Å². The average Bonchev–Trinajstić information content (AvgIpc) is 3.28. The lowest BCUT2D eigenvalue weighted by molar-refractivity contribution is 0.0745. The van der Waals surface area contributed by atoms with E-state index in [0.717, 1.165) is 0 Å². The van der Waals surface area contributed by atoms with Gasteiger partial charge in [0.2, 0.25) is 17.5 Å². The number of nitriles is 1. The number of rotatable bonds is 5. The summed E-state index contributed by atoms with van der Waals surface area (Å²) in [7, 11) is 3.15. The van der Waals surface area contributed by atoms with E-state index < -0.39 is 0 Å². The zero-order chi connectivity index (χ0) is 21.8. The van der Waals surface area contributed by atoms with Crippen LogP contribution in [0.5, 0.6) is 11.5 Å². The normalized spacial score (nSPS) is 13.6. The van der Waals surface area contributed by atoms with Gasteiger partial charge >= 0.3 is 0 Å². The van der Waals surface area contributed by atoms with Crippen molar-refractivity contribution in [3.8, 4) is 29.0 Å². The standard InChI is InChI=1S/C23H22N4O4/c1-29-17-7-5-6-16(14-17)22(28)26-10-12-27(13-11-26)23-19(15-24)25-21(31-23)18-8-3-4-9-20(18)30-2/h3-9,14H,10-13H2,1-2H3. The maximum absolute atomic E-state index is 12.8. The smallest absolute Gasteiger partial charge is 0.254 e. The Morgan fingerprint density at radius 1 is 1.06 bits per heavy atom. The van der Waals surface area contributed by atoms with Crippen molar-refractivity contribution in [2.24, 2.45) is 0 Å². The van der Waals surface area contributed by atoms with E-state index in [1.165, 1.54) is 0 Å². The number of methoxy groups -OCH3 is 2. The quantitative estimate of drug-likeness (QED) is 0.628. The van der Waals surface area contributed by atoms with Gasteiger partial charge in [0, 0.05) is 31.7 Å². The number of para-hydroxylation sites is 1. The summed E-state index contributed by atoms with van der Waals surface area (Å²) < 4.78 is 16.6. The summed E-state index contributed by atoms with van der Waals surface area (Å²) in [5.41, 5.74) is 1.48. The number of amides is 1. The van der Waals surface area contributed by atoms with Crippen LogP contribution >= 0.6 is 0 Å². The number of hydrogen-bond donors (Lipinski definition) is 0. The van der Waals surface area contributed by atoms with Gasteiger partial charge in [0.1, 0.15) is 17.6 Å². The van der Waals surface area contributed by atoms with Gasteiger partial charge in [-0.2, -0.15) is 10.2 Å². The minimum Gasteiger partial charge on any atom is -0.497 e. The maximum atomic E-state index is 12.8. The third-order valence-electron chi connectivity index (χ3n) is 5.22. The molecule has 2 aromatic carbocycles. The average molecular weight is 418 g/mol. The molecule has 8 heteroatoms. The van der Waals surface area contributed by atoms with Gasteiger partial charge < -0.3 is 23.7 Å². The summed E-state index contributed by atoms with van der Waals surface area (Å²) in [4.78, 5) is 20.9. The Kier molecular flexibility index (Phi) is 5.76. The molecular weight excluding hydrogens is 396 g/mol. The molecule has 0 radical (unpaired) electrons. The van der Waals surface area contributed by atoms with Crippen LogP contribution in [0.25, 0.3) is 11.5 Å². The Hall–Kier alpha value is -3.99. The lowest BCUT2D eigenvalue weighted by Gasteiger charge is -2.34. The van der Waals surface area contributed by atoms with Gasteiger partial charge in [-0.3, -0.25) is 4.79 Å². The van der Waals surface area contributed by atoms with Gasteiger partial charge in [-0.05, 0) is 30.3 Å². The predicted octanol–water partition coefficient (Wildman–Crippen LogP) is 3.19. The van der Waals surface area contributed by atoms with Gasteiger partial charge in [0.25, 0.3) is 5.91 Å². The van der Waals surface area contributed by atoms with Crippen molar-refractivity contribution in [1.29, 1.82) is 5.26 Å². The molecule has 1 aromatic heterocycles. The summed E-state index contributed by atoms with van der Waals surface area (Å²) in [5, 5.41) is 9.57. The molecule has 3 aromatic rings. The Bertz CT molecular complexity index is 1130. The van der Waals surface area contributed by atoms with Gasteiger partial charge in [-0.15, -0.1) is 0 Å². The van der Waals surface area contributed by atoms with Crippen LogP contribution in [0.2, 0.25) is 0 Å². The van der Waals surface area contributed by atoms with E-state index in [1.54, 1.807) is 43.4 Å². The van der Waals surface area contributed by atoms with Crippen LogP contribution in [-0.2, 0) is 0 Å². The van der Waals surface area contributed by atoms with E-state index in [4.69, 9.17) is 13.9 Å². The lowest BCUT2D eigenvalue weighted by atomic mass is 10.1. The molecule has 0 atom stereocenters. The molecule has 0 unspecified atom stereocenters. The van der Waals surface area contributed by atoms with Crippen LogP contribution in [-0.4, -0.2) is 56.2 Å². The fourth-order valence-corrected chi connectivity index (χ4v) is 3.59. The molecule has 0 saturated carbocycles. The zero-order valence-corrected chi connectivity index (χ0v) is 17.4. The SMILES string of the molecule is COc1cccc(C(=O)N2CCN(c3oc(-c4ccccc4OC)nc3C#N)CC2)c1. The molecule has 1 aliphatic heterocycles. The van der Waals surface area contributed by atoms with Crippen molar-refractivity contribution in [2.75, 3.05) is 45.3 Å². The molecule has 31 heavy (non-hydrogen) atoms. The van der Waals surface area contributed by atoms with Crippen molar-refractivity contribution in [3.63, 3.8) is 0 Å². The van der Waals surface area contributed by atoms with Crippen LogP contribution < -0.4 is 14.4 Å². The van der Waals surface area contributed by atoms with Crippen molar-refractivity contribution < 1.29 is 18.7 Å². The highest BCUT2D eigenvalue weighted by Gasteiger charge is 2.27. The molecule has 4 rings (SSSR count). The minimum atomic E-state index is -0.0497. The third-order valence-corrected chi connectivity index (χ3v) is 5.22. The number of oxazole rings is 1. The Labute approximate surface area is 180 Å². The van der Waals surface area contributed by atoms with E-state index in [0.29, 0.717) is 60.6 Å². The Morgan fingerprint density at radius 2 is 1.84 bits per heavy atom. The van der Waals surface area contributed by atoms with Crippen LogP contribution in [0.3, 0.4) is 0 Å². The highest BCUT2D eigenvalue weighted by molar-refractivity contribution is 5.94. The number of ether oxygens (including phenoxy) is 2. The summed E-state index contributed by atoms with van der Waals surface area (Å²) in [6.07, 6.45) is 0. The molecule has 2 heterocycles. The van der Waals surface area contributed by atoms with Crippen LogP contribution in [0.1, 0.15) is 16.1 Å².